The summed E-state index contributed by atoms with van der Waals surface area (Å²) in [4.78, 5) is 10.4. The van der Waals surface area contributed by atoms with Crippen molar-refractivity contribution < 1.29 is 19.7 Å². The minimum Gasteiger partial charge on any atom is -0.504 e. The molecule has 0 aliphatic carbocycles. The largest absolute Gasteiger partial charge is 0.504 e. The molecule has 4 nitrogen and oxygen atoms in total. The zero-order valence-electron chi connectivity index (χ0n) is 8.16. The molecule has 0 spiro atoms. The molecule has 0 unspecified atom stereocenters. The first-order valence-corrected chi connectivity index (χ1v) is 4.70. The number of aryl methyl sites for hydroxylation is 1. The normalized spacial score (nSPS) is 10.0. The standard InChI is InChI=1S/C10H11ClO4/c1-15-10-7(11)4-2-6(9(10)14)3-5-8(12)13/h2,4,14H,3,5H2,1H3,(H,12,13). The Labute approximate surface area is 92.1 Å². The van der Waals surface area contributed by atoms with Crippen LogP contribution in [0.5, 0.6) is 11.5 Å². The third kappa shape index (κ3) is 2.76. The van der Waals surface area contributed by atoms with E-state index in [-0.39, 0.29) is 24.3 Å². The summed E-state index contributed by atoms with van der Waals surface area (Å²) in [6, 6.07) is 3.15. The van der Waals surface area contributed by atoms with Crippen molar-refractivity contribution in [3.63, 3.8) is 0 Å². The summed E-state index contributed by atoms with van der Waals surface area (Å²) < 4.78 is 4.89. The third-order valence-corrected chi connectivity index (χ3v) is 2.28. The molecule has 1 aromatic carbocycles. The first-order valence-electron chi connectivity index (χ1n) is 4.32. The van der Waals surface area contributed by atoms with Crippen molar-refractivity contribution in [3.05, 3.63) is 22.7 Å². The molecule has 2 N–H and O–H groups in total. The number of carbonyl (C=O) groups is 1. The average molecular weight is 231 g/mol. The Hall–Kier alpha value is -1.42. The highest BCUT2D eigenvalue weighted by molar-refractivity contribution is 6.32. The Morgan fingerprint density at radius 1 is 1.53 bits per heavy atom. The summed E-state index contributed by atoms with van der Waals surface area (Å²) >= 11 is 5.76. The number of methoxy groups -OCH3 is 1. The third-order valence-electron chi connectivity index (χ3n) is 1.98. The molecule has 0 fully saturated rings. The van der Waals surface area contributed by atoms with Crippen molar-refractivity contribution in [2.24, 2.45) is 0 Å². The summed E-state index contributed by atoms with van der Waals surface area (Å²) in [5, 5.41) is 18.5. The number of benzene rings is 1. The van der Waals surface area contributed by atoms with E-state index < -0.39 is 5.97 Å². The minimum absolute atomic E-state index is 0.0433. The molecule has 0 aliphatic rings. The van der Waals surface area contributed by atoms with Crippen LogP contribution in [0.25, 0.3) is 0 Å². The van der Waals surface area contributed by atoms with Crippen LogP contribution in [0.15, 0.2) is 12.1 Å². The van der Waals surface area contributed by atoms with E-state index in [1.165, 1.54) is 7.11 Å². The molecule has 0 saturated heterocycles. The van der Waals surface area contributed by atoms with Crippen LogP contribution < -0.4 is 4.74 Å². The molecule has 0 atom stereocenters. The van der Waals surface area contributed by atoms with Gasteiger partial charge in [-0.2, -0.15) is 0 Å². The Balaban J connectivity index is 2.94. The number of halogens is 1. The second-order valence-electron chi connectivity index (χ2n) is 2.98. The van der Waals surface area contributed by atoms with Gasteiger partial charge in [-0.15, -0.1) is 0 Å². The van der Waals surface area contributed by atoms with E-state index in [9.17, 15) is 9.90 Å². The summed E-state index contributed by atoms with van der Waals surface area (Å²) in [6.07, 6.45) is 0.201. The lowest BCUT2D eigenvalue weighted by atomic mass is 10.1. The smallest absolute Gasteiger partial charge is 0.303 e. The molecule has 0 aromatic heterocycles. The van der Waals surface area contributed by atoms with Gasteiger partial charge in [0.25, 0.3) is 0 Å². The minimum atomic E-state index is -0.914. The maximum absolute atomic E-state index is 10.4. The van der Waals surface area contributed by atoms with Crippen molar-refractivity contribution in [1.29, 1.82) is 0 Å². The highest BCUT2D eigenvalue weighted by Gasteiger charge is 2.12. The molecule has 0 heterocycles. The molecule has 82 valence electrons. The Morgan fingerprint density at radius 2 is 2.20 bits per heavy atom. The van der Waals surface area contributed by atoms with E-state index in [4.69, 9.17) is 21.4 Å². The lowest BCUT2D eigenvalue weighted by Crippen LogP contribution is -1.98. The SMILES string of the molecule is COc1c(Cl)ccc(CCC(=O)O)c1O. The molecule has 15 heavy (non-hydrogen) atoms. The van der Waals surface area contributed by atoms with Gasteiger partial charge in [-0.05, 0) is 18.1 Å². The van der Waals surface area contributed by atoms with E-state index >= 15 is 0 Å². The van der Waals surface area contributed by atoms with E-state index in [2.05, 4.69) is 0 Å². The Bertz CT molecular complexity index is 376. The first kappa shape index (κ1) is 11.7. The number of hydrogen-bond donors (Lipinski definition) is 2. The number of ether oxygens (including phenoxy) is 1. The summed E-state index contributed by atoms with van der Waals surface area (Å²) in [6.45, 7) is 0. The van der Waals surface area contributed by atoms with Gasteiger partial charge in [0, 0.05) is 6.42 Å². The van der Waals surface area contributed by atoms with Crippen LogP contribution in [0.3, 0.4) is 0 Å². The molecule has 5 heteroatoms. The van der Waals surface area contributed by atoms with Gasteiger partial charge in [0.1, 0.15) is 0 Å². The molecule has 1 rings (SSSR count). The van der Waals surface area contributed by atoms with Gasteiger partial charge in [-0.1, -0.05) is 17.7 Å². The molecular formula is C10H11ClO4. The van der Waals surface area contributed by atoms with Crippen LogP contribution in [0.2, 0.25) is 5.02 Å². The van der Waals surface area contributed by atoms with Crippen LogP contribution in [0, 0.1) is 0 Å². The van der Waals surface area contributed by atoms with Crippen molar-refractivity contribution in [2.75, 3.05) is 7.11 Å². The van der Waals surface area contributed by atoms with Crippen LogP contribution in [0.4, 0.5) is 0 Å². The van der Waals surface area contributed by atoms with Crippen LogP contribution >= 0.6 is 11.6 Å². The van der Waals surface area contributed by atoms with E-state index in [1.807, 2.05) is 0 Å². The molecular weight excluding hydrogens is 220 g/mol. The number of phenols is 1. The zero-order chi connectivity index (χ0) is 11.4. The molecule has 0 amide bonds. The summed E-state index contributed by atoms with van der Waals surface area (Å²) in [5.41, 5.74) is 0.513. The molecule has 0 radical (unpaired) electrons. The van der Waals surface area contributed by atoms with Crippen LogP contribution in [0.1, 0.15) is 12.0 Å². The van der Waals surface area contributed by atoms with Gasteiger partial charge in [-0.3, -0.25) is 4.79 Å². The molecule has 0 bridgehead atoms. The van der Waals surface area contributed by atoms with Crippen molar-refractivity contribution in [2.45, 2.75) is 12.8 Å². The van der Waals surface area contributed by atoms with Gasteiger partial charge in [-0.25, -0.2) is 0 Å². The van der Waals surface area contributed by atoms with Crippen molar-refractivity contribution >= 4 is 17.6 Å². The quantitative estimate of drug-likeness (QED) is 0.831. The fourth-order valence-corrected chi connectivity index (χ4v) is 1.45. The zero-order valence-corrected chi connectivity index (χ0v) is 8.91. The first-order chi connectivity index (χ1) is 7.06. The van der Waals surface area contributed by atoms with Gasteiger partial charge in [0.15, 0.2) is 11.5 Å². The monoisotopic (exact) mass is 230 g/mol. The van der Waals surface area contributed by atoms with Crippen LogP contribution in [-0.2, 0) is 11.2 Å². The summed E-state index contributed by atoms with van der Waals surface area (Å²) in [5.74, 6) is -0.825. The van der Waals surface area contributed by atoms with Crippen LogP contribution in [-0.4, -0.2) is 23.3 Å². The highest BCUT2D eigenvalue weighted by atomic mass is 35.5. The summed E-state index contributed by atoms with van der Waals surface area (Å²) in [7, 11) is 1.39. The van der Waals surface area contributed by atoms with Gasteiger partial charge >= 0.3 is 5.97 Å². The fraction of sp³-hybridized carbons (Fsp3) is 0.300. The Morgan fingerprint density at radius 3 is 2.73 bits per heavy atom. The number of carboxylic acid groups (broad SMARTS) is 1. The number of rotatable bonds is 4. The fourth-order valence-electron chi connectivity index (χ4n) is 1.22. The lowest BCUT2D eigenvalue weighted by molar-refractivity contribution is -0.136. The second kappa shape index (κ2) is 4.89. The predicted octanol–water partition coefficient (Wildman–Crippen LogP) is 2.07. The maximum Gasteiger partial charge on any atom is 0.303 e. The molecule has 1 aromatic rings. The average Bonchev–Trinajstić information content (AvgIpc) is 2.17. The highest BCUT2D eigenvalue weighted by Crippen LogP contribution is 2.37. The Kier molecular flexibility index (Phi) is 3.80. The maximum atomic E-state index is 10.4. The molecule has 0 aliphatic heterocycles. The number of carboxylic acids is 1. The van der Waals surface area contributed by atoms with Gasteiger partial charge < -0.3 is 14.9 Å². The molecule has 0 saturated carbocycles. The van der Waals surface area contributed by atoms with Gasteiger partial charge in [0.05, 0.1) is 12.1 Å². The number of aromatic hydroxyl groups is 1. The number of phenolic OH excluding ortho intramolecular Hbond substituents is 1. The van der Waals surface area contributed by atoms with E-state index in [1.54, 1.807) is 12.1 Å². The number of hydrogen-bond acceptors (Lipinski definition) is 3. The van der Waals surface area contributed by atoms with Gasteiger partial charge in [0.2, 0.25) is 0 Å². The van der Waals surface area contributed by atoms with Crippen molar-refractivity contribution in [1.82, 2.24) is 0 Å². The topological polar surface area (TPSA) is 66.8 Å². The van der Waals surface area contributed by atoms with E-state index in [0.717, 1.165) is 0 Å². The lowest BCUT2D eigenvalue weighted by Gasteiger charge is -2.09. The predicted molar refractivity (Wildman–Crippen MR) is 55.6 cm³/mol. The number of aliphatic carboxylic acids is 1. The van der Waals surface area contributed by atoms with E-state index in [0.29, 0.717) is 10.6 Å². The van der Waals surface area contributed by atoms with Crippen molar-refractivity contribution in [3.8, 4) is 11.5 Å². The second-order valence-corrected chi connectivity index (χ2v) is 3.39.